The van der Waals surface area contributed by atoms with Crippen LogP contribution in [0.5, 0.6) is 5.75 Å². The Hall–Kier alpha value is -1.80. The van der Waals surface area contributed by atoms with Crippen molar-refractivity contribution in [2.75, 3.05) is 0 Å². The minimum Gasteiger partial charge on any atom is -0.489 e. The van der Waals surface area contributed by atoms with E-state index in [-0.39, 0.29) is 0 Å². The molecular formula is C20H24O2. The lowest BCUT2D eigenvalue weighted by Crippen LogP contribution is -2.33. The van der Waals surface area contributed by atoms with Crippen LogP contribution < -0.4 is 4.74 Å². The molecule has 0 saturated heterocycles. The van der Waals surface area contributed by atoms with Gasteiger partial charge in [0.2, 0.25) is 0 Å². The minimum absolute atomic E-state index is 0.518. The Kier molecular flexibility index (Phi) is 4.79. The molecule has 2 nitrogen and oxygen atoms in total. The van der Waals surface area contributed by atoms with Gasteiger partial charge in [0.25, 0.3) is 0 Å². The highest BCUT2D eigenvalue weighted by Crippen LogP contribution is 2.31. The van der Waals surface area contributed by atoms with E-state index >= 15 is 0 Å². The molecule has 116 valence electrons. The first-order chi connectivity index (χ1) is 10.7. The van der Waals surface area contributed by atoms with Crippen molar-refractivity contribution in [3.8, 4) is 5.75 Å². The number of benzene rings is 2. The van der Waals surface area contributed by atoms with Crippen LogP contribution in [0.1, 0.15) is 43.2 Å². The van der Waals surface area contributed by atoms with Gasteiger partial charge >= 0.3 is 0 Å². The zero-order chi connectivity index (χ0) is 15.3. The second kappa shape index (κ2) is 6.97. The Morgan fingerprint density at radius 1 is 0.864 bits per heavy atom. The van der Waals surface area contributed by atoms with Crippen molar-refractivity contribution in [2.24, 2.45) is 0 Å². The molecule has 0 atom stereocenters. The van der Waals surface area contributed by atoms with E-state index in [0.29, 0.717) is 6.61 Å². The third-order valence-corrected chi connectivity index (χ3v) is 4.46. The molecular weight excluding hydrogens is 272 g/mol. The van der Waals surface area contributed by atoms with Gasteiger partial charge in [-0.05, 0) is 36.1 Å². The molecule has 0 amide bonds. The summed E-state index contributed by atoms with van der Waals surface area (Å²) < 4.78 is 5.87. The molecule has 0 aliphatic heterocycles. The fourth-order valence-corrected chi connectivity index (χ4v) is 3.25. The predicted octanol–water partition coefficient (Wildman–Crippen LogP) is 4.50. The van der Waals surface area contributed by atoms with Crippen LogP contribution in [0.4, 0.5) is 0 Å². The summed E-state index contributed by atoms with van der Waals surface area (Å²) in [6, 6.07) is 18.3. The van der Waals surface area contributed by atoms with Crippen LogP contribution in [-0.4, -0.2) is 10.7 Å². The molecule has 0 heterocycles. The number of hydrogen-bond acceptors (Lipinski definition) is 2. The lowest BCUT2D eigenvalue weighted by molar-refractivity contribution is 0.00446. The molecule has 1 aliphatic carbocycles. The largest absolute Gasteiger partial charge is 0.489 e. The van der Waals surface area contributed by atoms with Crippen LogP contribution in [-0.2, 0) is 13.0 Å². The van der Waals surface area contributed by atoms with Crippen LogP contribution in [0, 0.1) is 0 Å². The van der Waals surface area contributed by atoms with Crippen LogP contribution in [0.3, 0.4) is 0 Å². The van der Waals surface area contributed by atoms with Gasteiger partial charge in [0, 0.05) is 6.42 Å². The van der Waals surface area contributed by atoms with E-state index in [1.165, 1.54) is 12.0 Å². The van der Waals surface area contributed by atoms with Crippen molar-refractivity contribution in [1.82, 2.24) is 0 Å². The molecule has 1 aliphatic rings. The summed E-state index contributed by atoms with van der Waals surface area (Å²) in [5.74, 6) is 0.876. The molecule has 3 rings (SSSR count). The summed E-state index contributed by atoms with van der Waals surface area (Å²) in [4.78, 5) is 0. The molecule has 1 saturated carbocycles. The fraction of sp³-hybridized carbons (Fsp3) is 0.400. The van der Waals surface area contributed by atoms with Gasteiger partial charge in [-0.15, -0.1) is 0 Å². The molecule has 0 spiro atoms. The van der Waals surface area contributed by atoms with Gasteiger partial charge in [0.15, 0.2) is 0 Å². The molecule has 1 N–H and O–H groups in total. The first kappa shape index (κ1) is 15.1. The Morgan fingerprint density at radius 2 is 1.59 bits per heavy atom. The zero-order valence-electron chi connectivity index (χ0n) is 13.0. The van der Waals surface area contributed by atoms with Gasteiger partial charge in [0.05, 0.1) is 5.60 Å². The number of aliphatic hydroxyl groups is 1. The predicted molar refractivity (Wildman–Crippen MR) is 89.0 cm³/mol. The monoisotopic (exact) mass is 296 g/mol. The van der Waals surface area contributed by atoms with Gasteiger partial charge in [0.1, 0.15) is 12.4 Å². The van der Waals surface area contributed by atoms with Gasteiger partial charge in [-0.3, -0.25) is 0 Å². The van der Waals surface area contributed by atoms with Gasteiger partial charge in [-0.2, -0.15) is 0 Å². The molecule has 22 heavy (non-hydrogen) atoms. The molecule has 2 heteroatoms. The number of ether oxygens (including phenoxy) is 1. The minimum atomic E-state index is -0.518. The van der Waals surface area contributed by atoms with Gasteiger partial charge in [-0.1, -0.05) is 61.7 Å². The first-order valence-electron chi connectivity index (χ1n) is 8.22. The first-order valence-corrected chi connectivity index (χ1v) is 8.22. The summed E-state index contributed by atoms with van der Waals surface area (Å²) in [6.45, 7) is 0.578. The van der Waals surface area contributed by atoms with Crippen molar-refractivity contribution in [3.63, 3.8) is 0 Å². The van der Waals surface area contributed by atoms with E-state index in [2.05, 4.69) is 24.3 Å². The molecule has 2 aromatic carbocycles. The Bertz CT molecular complexity index is 586. The SMILES string of the molecule is OC1(Cc2cccc(OCc3ccccc3)c2)CCCCC1. The van der Waals surface area contributed by atoms with E-state index in [4.69, 9.17) is 4.74 Å². The maximum Gasteiger partial charge on any atom is 0.120 e. The molecule has 1 fully saturated rings. The Balaban J connectivity index is 1.62. The van der Waals surface area contributed by atoms with Crippen LogP contribution in [0.2, 0.25) is 0 Å². The topological polar surface area (TPSA) is 29.5 Å². The smallest absolute Gasteiger partial charge is 0.120 e. The van der Waals surface area contributed by atoms with Crippen molar-refractivity contribution >= 4 is 0 Å². The lowest BCUT2D eigenvalue weighted by Gasteiger charge is -2.32. The highest BCUT2D eigenvalue weighted by molar-refractivity contribution is 5.30. The van der Waals surface area contributed by atoms with Crippen molar-refractivity contribution in [3.05, 3.63) is 65.7 Å². The van der Waals surface area contributed by atoms with Crippen LogP contribution in [0.15, 0.2) is 54.6 Å². The van der Waals surface area contributed by atoms with E-state index < -0.39 is 5.60 Å². The zero-order valence-corrected chi connectivity index (χ0v) is 13.0. The Morgan fingerprint density at radius 3 is 2.36 bits per heavy atom. The van der Waals surface area contributed by atoms with Crippen molar-refractivity contribution in [1.29, 1.82) is 0 Å². The van der Waals surface area contributed by atoms with Gasteiger partial charge in [-0.25, -0.2) is 0 Å². The third kappa shape index (κ3) is 4.11. The summed E-state index contributed by atoms with van der Waals surface area (Å²) >= 11 is 0. The van der Waals surface area contributed by atoms with Crippen LogP contribution in [0.25, 0.3) is 0 Å². The van der Waals surface area contributed by atoms with E-state index in [1.807, 2.05) is 30.3 Å². The highest BCUT2D eigenvalue weighted by Gasteiger charge is 2.29. The van der Waals surface area contributed by atoms with E-state index in [9.17, 15) is 5.11 Å². The summed E-state index contributed by atoms with van der Waals surface area (Å²) in [6.07, 6.45) is 6.10. The Labute approximate surface area is 132 Å². The average Bonchev–Trinajstić information content (AvgIpc) is 2.54. The van der Waals surface area contributed by atoms with Gasteiger partial charge < -0.3 is 9.84 Å². The highest BCUT2D eigenvalue weighted by atomic mass is 16.5. The molecule has 0 bridgehead atoms. The quantitative estimate of drug-likeness (QED) is 0.880. The normalized spacial score (nSPS) is 17.1. The second-order valence-electron chi connectivity index (χ2n) is 6.38. The van der Waals surface area contributed by atoms with Crippen molar-refractivity contribution < 1.29 is 9.84 Å². The maximum absolute atomic E-state index is 10.7. The summed E-state index contributed by atoms with van der Waals surface area (Å²) in [5, 5.41) is 10.7. The molecule has 0 unspecified atom stereocenters. The number of rotatable bonds is 5. The summed E-state index contributed by atoms with van der Waals surface area (Å²) in [7, 11) is 0. The lowest BCUT2D eigenvalue weighted by atomic mass is 9.80. The third-order valence-electron chi connectivity index (χ3n) is 4.46. The molecule has 2 aromatic rings. The van der Waals surface area contributed by atoms with E-state index in [0.717, 1.165) is 43.4 Å². The van der Waals surface area contributed by atoms with E-state index in [1.54, 1.807) is 0 Å². The maximum atomic E-state index is 10.7. The standard InChI is InChI=1S/C20H24O2/c21-20(12-5-2-6-13-20)15-18-10-7-11-19(14-18)22-16-17-8-3-1-4-9-17/h1,3-4,7-11,14,21H,2,5-6,12-13,15-16H2. The molecule has 0 radical (unpaired) electrons. The molecule has 0 aromatic heterocycles. The summed E-state index contributed by atoms with van der Waals surface area (Å²) in [5.41, 5.74) is 1.81. The number of hydrogen-bond donors (Lipinski definition) is 1. The van der Waals surface area contributed by atoms with Crippen molar-refractivity contribution in [2.45, 2.75) is 50.7 Å². The van der Waals surface area contributed by atoms with Crippen LogP contribution >= 0.6 is 0 Å². The average molecular weight is 296 g/mol. The fourth-order valence-electron chi connectivity index (χ4n) is 3.25. The second-order valence-corrected chi connectivity index (χ2v) is 6.38.